The third kappa shape index (κ3) is 4.12. The molecule has 0 unspecified atom stereocenters. The van der Waals surface area contributed by atoms with Crippen molar-refractivity contribution in [2.45, 2.75) is 12.6 Å². The Labute approximate surface area is 181 Å². The van der Waals surface area contributed by atoms with E-state index in [1.807, 2.05) is 42.5 Å². The van der Waals surface area contributed by atoms with Crippen molar-refractivity contribution < 1.29 is 14.3 Å². The van der Waals surface area contributed by atoms with Gasteiger partial charge in [-0.1, -0.05) is 30.3 Å². The SMILES string of the molecule is CN1C(=O)[C@@H](NC(=O)c2ccn(Cc3ccccc3I)n2)COc2ccccc21. The van der Waals surface area contributed by atoms with Crippen molar-refractivity contribution in [3.8, 4) is 5.75 Å². The maximum absolute atomic E-state index is 12.8. The number of amides is 2. The van der Waals surface area contributed by atoms with Crippen LogP contribution in [0, 0.1) is 3.57 Å². The summed E-state index contributed by atoms with van der Waals surface area (Å²) in [6.45, 7) is 0.630. The summed E-state index contributed by atoms with van der Waals surface area (Å²) in [4.78, 5) is 26.9. The van der Waals surface area contributed by atoms with Crippen LogP contribution in [0.2, 0.25) is 0 Å². The molecule has 0 bridgehead atoms. The molecule has 2 heterocycles. The number of likely N-dealkylation sites (N-methyl/N-ethyl adjacent to an activating group) is 1. The number of halogens is 1. The van der Waals surface area contributed by atoms with Gasteiger partial charge in [0.1, 0.15) is 24.1 Å². The number of aromatic nitrogens is 2. The minimum absolute atomic E-state index is 0.0643. The first-order valence-corrected chi connectivity index (χ1v) is 10.2. The van der Waals surface area contributed by atoms with E-state index in [0.717, 1.165) is 9.13 Å². The molecule has 2 amide bonds. The summed E-state index contributed by atoms with van der Waals surface area (Å²) in [5.74, 6) is -0.0313. The average molecular weight is 502 g/mol. The number of anilines is 1. The normalized spacial score (nSPS) is 16.0. The molecule has 2 aromatic carbocycles. The zero-order valence-electron chi connectivity index (χ0n) is 15.7. The van der Waals surface area contributed by atoms with Crippen LogP contribution in [0.3, 0.4) is 0 Å². The lowest BCUT2D eigenvalue weighted by Gasteiger charge is -2.20. The van der Waals surface area contributed by atoms with Gasteiger partial charge in [-0.25, -0.2) is 0 Å². The molecule has 0 saturated heterocycles. The fourth-order valence-electron chi connectivity index (χ4n) is 3.16. The first-order chi connectivity index (χ1) is 14.0. The maximum Gasteiger partial charge on any atom is 0.272 e. The number of nitrogens with one attached hydrogen (secondary N) is 1. The molecule has 1 aliphatic heterocycles. The van der Waals surface area contributed by atoms with E-state index in [1.165, 1.54) is 4.90 Å². The Bertz CT molecular complexity index is 1070. The van der Waals surface area contributed by atoms with Gasteiger partial charge < -0.3 is 15.0 Å². The molecule has 0 fully saturated rings. The minimum Gasteiger partial charge on any atom is -0.489 e. The number of hydrogen-bond donors (Lipinski definition) is 1. The first kappa shape index (κ1) is 19.4. The molecular weight excluding hydrogens is 483 g/mol. The number of carbonyl (C=O) groups is 2. The topological polar surface area (TPSA) is 76.5 Å². The second kappa shape index (κ2) is 8.24. The molecule has 0 saturated carbocycles. The lowest BCUT2D eigenvalue weighted by Crippen LogP contribution is -2.49. The van der Waals surface area contributed by atoms with Crippen molar-refractivity contribution in [2.24, 2.45) is 0 Å². The molecule has 7 nitrogen and oxygen atoms in total. The molecule has 3 aromatic rings. The summed E-state index contributed by atoms with van der Waals surface area (Å²) in [6.07, 6.45) is 1.76. The van der Waals surface area contributed by atoms with E-state index < -0.39 is 11.9 Å². The van der Waals surface area contributed by atoms with Crippen molar-refractivity contribution in [3.05, 3.63) is 75.6 Å². The summed E-state index contributed by atoms with van der Waals surface area (Å²) in [6, 6.07) is 16.2. The lowest BCUT2D eigenvalue weighted by molar-refractivity contribution is -0.120. The Kier molecular flexibility index (Phi) is 5.52. The quantitative estimate of drug-likeness (QED) is 0.557. The zero-order valence-corrected chi connectivity index (χ0v) is 17.9. The molecule has 0 aliphatic carbocycles. The van der Waals surface area contributed by atoms with Crippen LogP contribution in [0.5, 0.6) is 5.75 Å². The van der Waals surface area contributed by atoms with Gasteiger partial charge in [-0.3, -0.25) is 14.3 Å². The van der Waals surface area contributed by atoms with Crippen molar-refractivity contribution in [3.63, 3.8) is 0 Å². The van der Waals surface area contributed by atoms with Crippen molar-refractivity contribution in [2.75, 3.05) is 18.6 Å². The highest BCUT2D eigenvalue weighted by Gasteiger charge is 2.31. The van der Waals surface area contributed by atoms with Crippen LogP contribution in [0.25, 0.3) is 0 Å². The van der Waals surface area contributed by atoms with E-state index in [4.69, 9.17) is 4.74 Å². The van der Waals surface area contributed by atoms with Gasteiger partial charge in [0.05, 0.1) is 12.2 Å². The molecule has 1 aromatic heterocycles. The van der Waals surface area contributed by atoms with Crippen LogP contribution in [0.4, 0.5) is 5.69 Å². The van der Waals surface area contributed by atoms with Gasteiger partial charge in [0.2, 0.25) is 0 Å². The van der Waals surface area contributed by atoms with Gasteiger partial charge in [-0.2, -0.15) is 5.10 Å². The van der Waals surface area contributed by atoms with Gasteiger partial charge in [0, 0.05) is 16.8 Å². The molecule has 0 spiro atoms. The number of ether oxygens (including phenoxy) is 1. The fraction of sp³-hybridized carbons (Fsp3) is 0.190. The lowest BCUT2D eigenvalue weighted by atomic mass is 10.2. The Hall–Kier alpha value is -2.88. The van der Waals surface area contributed by atoms with Crippen molar-refractivity contribution in [1.82, 2.24) is 15.1 Å². The van der Waals surface area contributed by atoms with Gasteiger partial charge in [0.25, 0.3) is 11.8 Å². The molecule has 8 heteroatoms. The van der Waals surface area contributed by atoms with Crippen LogP contribution in [-0.4, -0.2) is 41.3 Å². The minimum atomic E-state index is -0.792. The predicted molar refractivity (Wildman–Crippen MR) is 117 cm³/mol. The highest BCUT2D eigenvalue weighted by Crippen LogP contribution is 2.29. The van der Waals surface area contributed by atoms with Crippen LogP contribution >= 0.6 is 22.6 Å². The largest absolute Gasteiger partial charge is 0.489 e. The second-order valence-electron chi connectivity index (χ2n) is 6.69. The fourth-order valence-corrected chi connectivity index (χ4v) is 3.72. The zero-order chi connectivity index (χ0) is 20.4. The Balaban J connectivity index is 1.45. The molecule has 1 atom stereocenters. The van der Waals surface area contributed by atoms with Crippen molar-refractivity contribution in [1.29, 1.82) is 0 Å². The Morgan fingerprint density at radius 1 is 1.21 bits per heavy atom. The van der Waals surface area contributed by atoms with E-state index in [-0.39, 0.29) is 18.2 Å². The van der Waals surface area contributed by atoms with Crippen LogP contribution < -0.4 is 15.0 Å². The number of hydrogen-bond acceptors (Lipinski definition) is 4. The van der Waals surface area contributed by atoms with Crippen LogP contribution in [0.15, 0.2) is 60.8 Å². The number of rotatable bonds is 4. The maximum atomic E-state index is 12.8. The molecule has 1 aliphatic rings. The molecule has 1 N–H and O–H groups in total. The smallest absolute Gasteiger partial charge is 0.272 e. The van der Waals surface area contributed by atoms with E-state index >= 15 is 0 Å². The number of benzene rings is 2. The van der Waals surface area contributed by atoms with Gasteiger partial charge in [-0.15, -0.1) is 0 Å². The standard InChI is InChI=1S/C21H19IN4O3/c1-25-18-8-4-5-9-19(18)29-13-17(21(25)28)23-20(27)16-10-11-26(24-16)12-14-6-2-3-7-15(14)22/h2-11,17H,12-13H2,1H3,(H,23,27)/t17-/m0/s1. The third-order valence-electron chi connectivity index (χ3n) is 4.73. The van der Waals surface area contributed by atoms with Gasteiger partial charge >= 0.3 is 0 Å². The summed E-state index contributed by atoms with van der Waals surface area (Å²) in [5, 5.41) is 7.10. The summed E-state index contributed by atoms with van der Waals surface area (Å²) >= 11 is 2.28. The van der Waals surface area contributed by atoms with Gasteiger partial charge in [-0.05, 0) is 52.4 Å². The van der Waals surface area contributed by atoms with Crippen LogP contribution in [-0.2, 0) is 11.3 Å². The second-order valence-corrected chi connectivity index (χ2v) is 7.85. The summed E-state index contributed by atoms with van der Waals surface area (Å²) < 4.78 is 8.58. The molecular formula is C21H19IN4O3. The van der Waals surface area contributed by atoms with E-state index in [9.17, 15) is 9.59 Å². The number of fused-ring (bicyclic) bond motifs is 1. The highest BCUT2D eigenvalue weighted by molar-refractivity contribution is 14.1. The van der Waals surface area contributed by atoms with E-state index in [2.05, 4.69) is 33.0 Å². The molecule has 29 heavy (non-hydrogen) atoms. The predicted octanol–water partition coefficient (Wildman–Crippen LogP) is 2.69. The number of nitrogens with zero attached hydrogens (tertiary/aromatic N) is 3. The van der Waals surface area contributed by atoms with Gasteiger partial charge in [0.15, 0.2) is 0 Å². The summed E-state index contributed by atoms with van der Waals surface area (Å²) in [5.41, 5.74) is 2.05. The average Bonchev–Trinajstić information content (AvgIpc) is 3.16. The Morgan fingerprint density at radius 3 is 2.79 bits per heavy atom. The van der Waals surface area contributed by atoms with E-state index in [0.29, 0.717) is 18.0 Å². The molecule has 148 valence electrons. The highest BCUT2D eigenvalue weighted by atomic mass is 127. The monoisotopic (exact) mass is 502 g/mol. The Morgan fingerprint density at radius 2 is 1.97 bits per heavy atom. The molecule has 0 radical (unpaired) electrons. The summed E-state index contributed by atoms with van der Waals surface area (Å²) in [7, 11) is 1.67. The first-order valence-electron chi connectivity index (χ1n) is 9.10. The molecule has 4 rings (SSSR count). The number of carbonyl (C=O) groups excluding carboxylic acids is 2. The van der Waals surface area contributed by atoms with Crippen LogP contribution in [0.1, 0.15) is 16.1 Å². The third-order valence-corrected chi connectivity index (χ3v) is 5.78. The number of para-hydroxylation sites is 2. The van der Waals surface area contributed by atoms with Crippen molar-refractivity contribution >= 4 is 40.1 Å². The van der Waals surface area contributed by atoms with E-state index in [1.54, 1.807) is 30.1 Å².